The van der Waals surface area contributed by atoms with Gasteiger partial charge >= 0.3 is 12.6 Å². The Morgan fingerprint density at radius 2 is 2.00 bits per heavy atom. The summed E-state index contributed by atoms with van der Waals surface area (Å²) in [4.78, 5) is 12.1. The normalized spacial score (nSPS) is 20.9. The van der Waals surface area contributed by atoms with Crippen LogP contribution in [0.15, 0.2) is 18.2 Å². The third-order valence-corrected chi connectivity index (χ3v) is 4.07. The van der Waals surface area contributed by atoms with Crippen molar-refractivity contribution in [2.24, 2.45) is 5.92 Å². The summed E-state index contributed by atoms with van der Waals surface area (Å²) in [6.07, 6.45) is 4.34. The Morgan fingerprint density at radius 1 is 1.26 bits per heavy atom. The third kappa shape index (κ3) is 4.97. The largest absolute Gasteiger partial charge is 0.493 e. The van der Waals surface area contributed by atoms with Crippen molar-refractivity contribution in [2.75, 3.05) is 12.4 Å². The van der Waals surface area contributed by atoms with Gasteiger partial charge in [0.25, 0.3) is 0 Å². The van der Waals surface area contributed by atoms with Gasteiger partial charge in [0.2, 0.25) is 0 Å². The first kappa shape index (κ1) is 17.3. The summed E-state index contributed by atoms with van der Waals surface area (Å²) in [5.74, 6) is 0.492. The monoisotopic (exact) mass is 328 g/mol. The molecule has 128 valence electrons. The lowest BCUT2D eigenvalue weighted by molar-refractivity contribution is -0.0511. The van der Waals surface area contributed by atoms with E-state index >= 15 is 0 Å². The Bertz CT molecular complexity index is 540. The van der Waals surface area contributed by atoms with Gasteiger partial charge in [0.1, 0.15) is 0 Å². The van der Waals surface area contributed by atoms with Crippen LogP contribution >= 0.6 is 0 Å². The molecule has 0 heterocycles. The lowest BCUT2D eigenvalue weighted by Crippen LogP contribution is -2.43. The quantitative estimate of drug-likeness (QED) is 0.859. The minimum absolute atomic E-state index is 0.119. The standard InChI is InChI=1S/C16H22F2N2O3/c1-10-5-3-4-6-12(10)20-16(21)19-11-7-8-13(22-2)14(9-11)23-15(17)18/h7-10,12,15H,3-6H2,1-2H3,(H2,19,20,21). The number of anilines is 1. The highest BCUT2D eigenvalue weighted by Gasteiger charge is 2.23. The number of carbonyl (C=O) groups excluding carboxylic acids is 1. The molecule has 0 radical (unpaired) electrons. The van der Waals surface area contributed by atoms with Gasteiger partial charge in [-0.25, -0.2) is 4.79 Å². The number of methoxy groups -OCH3 is 1. The zero-order chi connectivity index (χ0) is 16.8. The molecule has 1 saturated carbocycles. The molecular formula is C16H22F2N2O3. The highest BCUT2D eigenvalue weighted by Crippen LogP contribution is 2.31. The Labute approximate surface area is 134 Å². The van der Waals surface area contributed by atoms with Crippen molar-refractivity contribution in [2.45, 2.75) is 45.3 Å². The van der Waals surface area contributed by atoms with Crippen LogP contribution in [-0.4, -0.2) is 25.8 Å². The summed E-state index contributed by atoms with van der Waals surface area (Å²) in [6, 6.07) is 4.14. The minimum Gasteiger partial charge on any atom is -0.493 e. The molecule has 0 aromatic heterocycles. The SMILES string of the molecule is COc1ccc(NC(=O)NC2CCCCC2C)cc1OC(F)F. The lowest BCUT2D eigenvalue weighted by Gasteiger charge is -2.29. The first-order valence-corrected chi connectivity index (χ1v) is 7.70. The molecule has 23 heavy (non-hydrogen) atoms. The zero-order valence-corrected chi connectivity index (χ0v) is 13.3. The predicted molar refractivity (Wildman–Crippen MR) is 83.2 cm³/mol. The molecule has 1 fully saturated rings. The first-order valence-electron chi connectivity index (χ1n) is 7.70. The fourth-order valence-corrected chi connectivity index (χ4v) is 2.81. The number of halogens is 2. The second kappa shape index (κ2) is 7.99. The molecule has 0 spiro atoms. The molecule has 2 rings (SSSR count). The predicted octanol–water partition coefficient (Wildman–Crippen LogP) is 4.00. The molecule has 0 saturated heterocycles. The number of carbonyl (C=O) groups is 1. The van der Waals surface area contributed by atoms with Crippen molar-refractivity contribution in [3.8, 4) is 11.5 Å². The van der Waals surface area contributed by atoms with Gasteiger partial charge in [-0.3, -0.25) is 0 Å². The fourth-order valence-electron chi connectivity index (χ4n) is 2.81. The topological polar surface area (TPSA) is 59.6 Å². The van der Waals surface area contributed by atoms with Gasteiger partial charge in [-0.1, -0.05) is 19.8 Å². The van der Waals surface area contributed by atoms with Gasteiger partial charge in [-0.2, -0.15) is 8.78 Å². The zero-order valence-electron chi connectivity index (χ0n) is 13.3. The highest BCUT2D eigenvalue weighted by atomic mass is 19.3. The summed E-state index contributed by atoms with van der Waals surface area (Å²) in [5.41, 5.74) is 0.363. The number of hydrogen-bond acceptors (Lipinski definition) is 3. The molecule has 2 unspecified atom stereocenters. The summed E-state index contributed by atoms with van der Waals surface area (Å²) in [6.45, 7) is -0.845. The van der Waals surface area contributed by atoms with E-state index in [0.717, 1.165) is 19.3 Å². The first-order chi connectivity index (χ1) is 11.0. The smallest absolute Gasteiger partial charge is 0.387 e. The molecule has 7 heteroatoms. The Balaban J connectivity index is 1.99. The molecule has 1 aliphatic carbocycles. The summed E-state index contributed by atoms with van der Waals surface area (Å²) in [5, 5.41) is 5.58. The van der Waals surface area contributed by atoms with E-state index in [4.69, 9.17) is 4.74 Å². The molecule has 2 N–H and O–H groups in total. The fraction of sp³-hybridized carbons (Fsp3) is 0.562. The molecular weight excluding hydrogens is 306 g/mol. The van der Waals surface area contributed by atoms with Crippen molar-refractivity contribution < 1.29 is 23.0 Å². The summed E-state index contributed by atoms with van der Waals surface area (Å²) < 4.78 is 34.2. The van der Waals surface area contributed by atoms with E-state index in [0.29, 0.717) is 11.6 Å². The number of ether oxygens (including phenoxy) is 2. The van der Waals surface area contributed by atoms with E-state index in [-0.39, 0.29) is 23.6 Å². The van der Waals surface area contributed by atoms with E-state index in [1.54, 1.807) is 6.07 Å². The second-order valence-electron chi connectivity index (χ2n) is 5.71. The van der Waals surface area contributed by atoms with Crippen molar-refractivity contribution in [3.05, 3.63) is 18.2 Å². The van der Waals surface area contributed by atoms with E-state index in [1.807, 2.05) is 0 Å². The summed E-state index contributed by atoms with van der Waals surface area (Å²) in [7, 11) is 1.36. The van der Waals surface area contributed by atoms with Crippen LogP contribution in [0.4, 0.5) is 19.3 Å². The number of benzene rings is 1. The van der Waals surface area contributed by atoms with E-state index in [9.17, 15) is 13.6 Å². The number of rotatable bonds is 5. The van der Waals surface area contributed by atoms with Crippen molar-refractivity contribution in [1.29, 1.82) is 0 Å². The molecule has 2 amide bonds. The number of nitrogens with one attached hydrogen (secondary N) is 2. The van der Waals surface area contributed by atoms with Gasteiger partial charge in [-0.05, 0) is 30.9 Å². The van der Waals surface area contributed by atoms with Crippen LogP contribution in [0.25, 0.3) is 0 Å². The molecule has 1 aliphatic rings. The Morgan fingerprint density at radius 3 is 2.65 bits per heavy atom. The van der Waals surface area contributed by atoms with Crippen LogP contribution < -0.4 is 20.1 Å². The second-order valence-corrected chi connectivity index (χ2v) is 5.71. The third-order valence-electron chi connectivity index (χ3n) is 4.07. The van der Waals surface area contributed by atoms with Crippen LogP contribution in [0.2, 0.25) is 0 Å². The van der Waals surface area contributed by atoms with E-state index in [2.05, 4.69) is 22.3 Å². The molecule has 5 nitrogen and oxygen atoms in total. The van der Waals surface area contributed by atoms with Crippen molar-refractivity contribution >= 4 is 11.7 Å². The molecule has 1 aromatic rings. The van der Waals surface area contributed by atoms with Crippen LogP contribution in [0, 0.1) is 5.92 Å². The minimum atomic E-state index is -2.96. The van der Waals surface area contributed by atoms with Gasteiger partial charge in [0.15, 0.2) is 11.5 Å². The average Bonchev–Trinajstić information content (AvgIpc) is 2.49. The van der Waals surface area contributed by atoms with Crippen LogP contribution in [0.3, 0.4) is 0 Å². The Kier molecular flexibility index (Phi) is 6.01. The number of urea groups is 1. The summed E-state index contributed by atoms with van der Waals surface area (Å²) >= 11 is 0. The van der Waals surface area contributed by atoms with Crippen molar-refractivity contribution in [3.63, 3.8) is 0 Å². The molecule has 2 atom stereocenters. The maximum absolute atomic E-state index is 12.4. The lowest BCUT2D eigenvalue weighted by atomic mass is 9.86. The highest BCUT2D eigenvalue weighted by molar-refractivity contribution is 5.89. The molecule has 1 aromatic carbocycles. The molecule has 0 aliphatic heterocycles. The maximum atomic E-state index is 12.4. The van der Waals surface area contributed by atoms with E-state index in [1.165, 1.54) is 25.7 Å². The number of alkyl halides is 2. The van der Waals surface area contributed by atoms with E-state index < -0.39 is 6.61 Å². The average molecular weight is 328 g/mol. The van der Waals surface area contributed by atoms with Crippen molar-refractivity contribution in [1.82, 2.24) is 5.32 Å². The molecule has 0 bridgehead atoms. The van der Waals surface area contributed by atoms with Crippen LogP contribution in [-0.2, 0) is 0 Å². The number of hydrogen-bond donors (Lipinski definition) is 2. The van der Waals surface area contributed by atoms with Gasteiger partial charge in [0.05, 0.1) is 7.11 Å². The Hall–Kier alpha value is -2.05. The van der Waals surface area contributed by atoms with Crippen LogP contribution in [0.1, 0.15) is 32.6 Å². The number of amides is 2. The maximum Gasteiger partial charge on any atom is 0.387 e. The van der Waals surface area contributed by atoms with Crippen LogP contribution in [0.5, 0.6) is 11.5 Å². The van der Waals surface area contributed by atoms with Gasteiger partial charge < -0.3 is 20.1 Å². The van der Waals surface area contributed by atoms with Gasteiger partial charge in [0, 0.05) is 17.8 Å². The van der Waals surface area contributed by atoms with Gasteiger partial charge in [-0.15, -0.1) is 0 Å².